The van der Waals surface area contributed by atoms with E-state index in [0.29, 0.717) is 0 Å². The lowest BCUT2D eigenvalue weighted by molar-refractivity contribution is 0.192. The van der Waals surface area contributed by atoms with Crippen molar-refractivity contribution in [1.29, 1.82) is 0 Å². The normalized spacial score (nSPS) is 19.3. The molecular weight excluding hydrogens is 184 g/mol. The van der Waals surface area contributed by atoms with Gasteiger partial charge in [0.05, 0.1) is 0 Å². The molecule has 2 rings (SSSR count). The molecule has 0 atom stereocenters. The predicted octanol–water partition coefficient (Wildman–Crippen LogP) is 2.36. The Labute approximate surface area is 92.3 Å². The first-order valence-corrected chi connectivity index (χ1v) is 5.99. The van der Waals surface area contributed by atoms with Gasteiger partial charge in [0, 0.05) is 12.4 Å². The highest BCUT2D eigenvalue weighted by atomic mass is 15.1. The maximum atomic E-state index is 4.17. The first-order chi connectivity index (χ1) is 7.38. The second-order valence-corrected chi connectivity index (χ2v) is 4.44. The third-order valence-corrected chi connectivity index (χ3v) is 3.40. The molecular formula is C13H20N2. The summed E-state index contributed by atoms with van der Waals surface area (Å²) in [7, 11) is 0. The summed E-state index contributed by atoms with van der Waals surface area (Å²) in [5.41, 5.74) is 1.40. The highest BCUT2D eigenvalue weighted by molar-refractivity contribution is 5.09. The molecule has 0 saturated carbocycles. The quantitative estimate of drug-likeness (QED) is 0.751. The Balaban J connectivity index is 1.82. The fraction of sp³-hybridized carbons (Fsp3) is 0.615. The van der Waals surface area contributed by atoms with Crippen molar-refractivity contribution >= 4 is 0 Å². The second-order valence-electron chi connectivity index (χ2n) is 4.44. The molecule has 1 aromatic heterocycles. The van der Waals surface area contributed by atoms with Crippen molar-refractivity contribution in [1.82, 2.24) is 9.88 Å². The molecule has 1 fully saturated rings. The van der Waals surface area contributed by atoms with Gasteiger partial charge >= 0.3 is 0 Å². The molecule has 0 aromatic carbocycles. The van der Waals surface area contributed by atoms with Crippen molar-refractivity contribution in [2.45, 2.75) is 26.2 Å². The molecule has 2 nitrogen and oxygen atoms in total. The largest absolute Gasteiger partial charge is 0.304 e. The van der Waals surface area contributed by atoms with Crippen LogP contribution in [0, 0.1) is 5.92 Å². The van der Waals surface area contributed by atoms with Gasteiger partial charge < -0.3 is 4.90 Å². The molecule has 0 unspecified atom stereocenters. The van der Waals surface area contributed by atoms with Gasteiger partial charge in [0.2, 0.25) is 0 Å². The van der Waals surface area contributed by atoms with E-state index in [2.05, 4.69) is 22.9 Å². The van der Waals surface area contributed by atoms with E-state index in [1.807, 2.05) is 18.5 Å². The van der Waals surface area contributed by atoms with E-state index in [-0.39, 0.29) is 0 Å². The molecule has 82 valence electrons. The number of aromatic nitrogens is 1. The van der Waals surface area contributed by atoms with E-state index < -0.39 is 0 Å². The lowest BCUT2D eigenvalue weighted by Gasteiger charge is -2.30. The highest BCUT2D eigenvalue weighted by Crippen LogP contribution is 2.20. The second kappa shape index (κ2) is 5.26. The van der Waals surface area contributed by atoms with Crippen molar-refractivity contribution in [2.75, 3.05) is 19.6 Å². The minimum absolute atomic E-state index is 0.872. The number of rotatable bonds is 3. The molecule has 0 amide bonds. The van der Waals surface area contributed by atoms with Gasteiger partial charge in [-0.3, -0.25) is 4.98 Å². The van der Waals surface area contributed by atoms with Gasteiger partial charge in [0.1, 0.15) is 0 Å². The molecule has 15 heavy (non-hydrogen) atoms. The third-order valence-electron chi connectivity index (χ3n) is 3.40. The Hall–Kier alpha value is -0.890. The van der Waals surface area contributed by atoms with Gasteiger partial charge in [-0.1, -0.05) is 13.0 Å². The fourth-order valence-corrected chi connectivity index (χ4v) is 2.36. The highest BCUT2D eigenvalue weighted by Gasteiger charge is 2.17. The molecule has 1 aliphatic rings. The van der Waals surface area contributed by atoms with Crippen molar-refractivity contribution < 1.29 is 0 Å². The lowest BCUT2D eigenvalue weighted by atomic mass is 9.91. The van der Waals surface area contributed by atoms with Crippen LogP contribution in [0.4, 0.5) is 0 Å². The fourth-order valence-electron chi connectivity index (χ4n) is 2.36. The zero-order valence-corrected chi connectivity index (χ0v) is 9.52. The van der Waals surface area contributed by atoms with Gasteiger partial charge in [0.25, 0.3) is 0 Å². The Morgan fingerprint density at radius 3 is 2.80 bits per heavy atom. The van der Waals surface area contributed by atoms with Crippen LogP contribution < -0.4 is 0 Å². The Kier molecular flexibility index (Phi) is 3.73. The Bertz CT molecular complexity index is 276. The summed E-state index contributed by atoms with van der Waals surface area (Å²) < 4.78 is 0. The van der Waals surface area contributed by atoms with E-state index in [1.165, 1.54) is 44.5 Å². The summed E-state index contributed by atoms with van der Waals surface area (Å²) in [6.45, 7) is 6.02. The first kappa shape index (κ1) is 10.6. The molecule has 1 saturated heterocycles. The topological polar surface area (TPSA) is 16.1 Å². The summed E-state index contributed by atoms with van der Waals surface area (Å²) in [5, 5.41) is 0. The number of hydrogen-bond acceptors (Lipinski definition) is 2. The molecule has 0 spiro atoms. The molecule has 1 aromatic rings. The van der Waals surface area contributed by atoms with Crippen LogP contribution >= 0.6 is 0 Å². The summed E-state index contributed by atoms with van der Waals surface area (Å²) in [6, 6.07) is 4.23. The van der Waals surface area contributed by atoms with Gasteiger partial charge in [-0.25, -0.2) is 0 Å². The standard InChI is InChI=1S/C13H20N2/c1-2-15-8-5-12(6-9-15)10-13-4-3-7-14-11-13/h3-4,7,11-12H,2,5-6,8-10H2,1H3. The van der Waals surface area contributed by atoms with Crippen LogP contribution in [0.5, 0.6) is 0 Å². The lowest BCUT2D eigenvalue weighted by Crippen LogP contribution is -2.34. The number of likely N-dealkylation sites (tertiary alicyclic amines) is 1. The molecule has 0 N–H and O–H groups in total. The van der Waals surface area contributed by atoms with E-state index in [4.69, 9.17) is 0 Å². The van der Waals surface area contributed by atoms with Gasteiger partial charge in [-0.2, -0.15) is 0 Å². The molecule has 0 radical (unpaired) electrons. The van der Waals surface area contributed by atoms with Crippen molar-refractivity contribution in [2.24, 2.45) is 5.92 Å². The summed E-state index contributed by atoms with van der Waals surface area (Å²) >= 11 is 0. The van der Waals surface area contributed by atoms with E-state index in [0.717, 1.165) is 5.92 Å². The number of pyridine rings is 1. The molecule has 2 heteroatoms. The molecule has 2 heterocycles. The zero-order valence-electron chi connectivity index (χ0n) is 9.52. The van der Waals surface area contributed by atoms with Gasteiger partial charge in [0.15, 0.2) is 0 Å². The van der Waals surface area contributed by atoms with Crippen LogP contribution in [0.3, 0.4) is 0 Å². The zero-order chi connectivity index (χ0) is 10.5. The average Bonchev–Trinajstić information content (AvgIpc) is 2.31. The SMILES string of the molecule is CCN1CCC(Cc2cccnc2)CC1. The van der Waals surface area contributed by atoms with Crippen LogP contribution in [0.15, 0.2) is 24.5 Å². The minimum atomic E-state index is 0.872. The van der Waals surface area contributed by atoms with Gasteiger partial charge in [-0.15, -0.1) is 0 Å². The van der Waals surface area contributed by atoms with Crippen LogP contribution in [-0.4, -0.2) is 29.5 Å². The van der Waals surface area contributed by atoms with Crippen LogP contribution in [-0.2, 0) is 6.42 Å². The average molecular weight is 204 g/mol. The van der Waals surface area contributed by atoms with Crippen molar-refractivity contribution in [3.63, 3.8) is 0 Å². The number of piperidine rings is 1. The van der Waals surface area contributed by atoms with Crippen molar-refractivity contribution in [3.05, 3.63) is 30.1 Å². The maximum Gasteiger partial charge on any atom is 0.0299 e. The van der Waals surface area contributed by atoms with E-state index >= 15 is 0 Å². The number of hydrogen-bond donors (Lipinski definition) is 0. The summed E-state index contributed by atoms with van der Waals surface area (Å²) in [6.07, 6.45) is 7.77. The van der Waals surface area contributed by atoms with E-state index in [1.54, 1.807) is 0 Å². The first-order valence-electron chi connectivity index (χ1n) is 5.99. The molecule has 0 bridgehead atoms. The Morgan fingerprint density at radius 2 is 2.20 bits per heavy atom. The van der Waals surface area contributed by atoms with Crippen molar-refractivity contribution in [3.8, 4) is 0 Å². The summed E-state index contributed by atoms with van der Waals surface area (Å²) in [5.74, 6) is 0.872. The molecule has 1 aliphatic heterocycles. The maximum absolute atomic E-state index is 4.17. The van der Waals surface area contributed by atoms with Gasteiger partial charge in [-0.05, 0) is 56.4 Å². The number of nitrogens with zero attached hydrogens (tertiary/aromatic N) is 2. The smallest absolute Gasteiger partial charge is 0.0299 e. The predicted molar refractivity (Wildman–Crippen MR) is 62.8 cm³/mol. The van der Waals surface area contributed by atoms with Crippen LogP contribution in [0.2, 0.25) is 0 Å². The van der Waals surface area contributed by atoms with Crippen LogP contribution in [0.1, 0.15) is 25.3 Å². The van der Waals surface area contributed by atoms with E-state index in [9.17, 15) is 0 Å². The summed E-state index contributed by atoms with van der Waals surface area (Å²) in [4.78, 5) is 6.71. The monoisotopic (exact) mass is 204 g/mol. The third kappa shape index (κ3) is 3.03. The molecule has 0 aliphatic carbocycles. The Morgan fingerprint density at radius 1 is 1.40 bits per heavy atom. The minimum Gasteiger partial charge on any atom is -0.304 e. The van der Waals surface area contributed by atoms with Crippen LogP contribution in [0.25, 0.3) is 0 Å².